The number of pyridine rings is 2. The molecule has 4 aromatic rings. The first-order chi connectivity index (χ1) is 35.1. The van der Waals surface area contributed by atoms with Crippen LogP contribution in [0.15, 0.2) is 47.3 Å². The second-order valence-electron chi connectivity index (χ2n) is 19.4. The van der Waals surface area contributed by atoms with E-state index in [2.05, 4.69) is 31.9 Å². The van der Waals surface area contributed by atoms with Crippen LogP contribution >= 0.6 is 0 Å². The van der Waals surface area contributed by atoms with Crippen molar-refractivity contribution in [3.8, 4) is 11.4 Å². The zero-order valence-corrected chi connectivity index (χ0v) is 41.7. The summed E-state index contributed by atoms with van der Waals surface area (Å²) in [5.41, 5.74) is 1.02. The average molecular weight is 1030 g/mol. The maximum atomic E-state index is 15.4. The summed E-state index contributed by atoms with van der Waals surface area (Å²) in [4.78, 5) is 122. The van der Waals surface area contributed by atoms with Crippen molar-refractivity contribution >= 4 is 58.5 Å². The van der Waals surface area contributed by atoms with Crippen LogP contribution in [0.1, 0.15) is 91.9 Å². The van der Waals surface area contributed by atoms with Crippen molar-refractivity contribution in [3.63, 3.8) is 0 Å². The number of cyclic esters (lactones) is 1. The summed E-state index contributed by atoms with van der Waals surface area (Å²) >= 11 is 0. The molecule has 2 aromatic carbocycles. The van der Waals surface area contributed by atoms with E-state index in [0.717, 1.165) is 5.56 Å². The number of fused-ring (bicyclic) bond motifs is 5. The first-order valence-corrected chi connectivity index (χ1v) is 24.2. The number of halogens is 1. The van der Waals surface area contributed by atoms with Crippen LogP contribution in [0.25, 0.3) is 22.3 Å². The molecule has 0 saturated heterocycles. The summed E-state index contributed by atoms with van der Waals surface area (Å²) < 4.78 is 27.2. The van der Waals surface area contributed by atoms with E-state index in [0.29, 0.717) is 57.4 Å². The van der Waals surface area contributed by atoms with E-state index in [-0.39, 0.29) is 63.2 Å². The van der Waals surface area contributed by atoms with Crippen LogP contribution in [0, 0.1) is 12.7 Å². The Bertz CT molecular complexity index is 2980. The SMILES string of the molecule is CC[C@@]1(O)C(=O)OCc2c1cc1n(c2=O)Cc2c-1nc1cc(F)c(C)c3c1c2[C@@H](NC(=O)CCN(CCNC(=O)CNC(=O)[C@H](Cc1ccccc1)NC(=O)CNC(=O)CNC(=O)OC(C)(C)C)CC(=O)O)CC3. The Morgan fingerprint density at radius 2 is 1.64 bits per heavy atom. The van der Waals surface area contributed by atoms with Gasteiger partial charge >= 0.3 is 18.0 Å². The van der Waals surface area contributed by atoms with Gasteiger partial charge in [0.2, 0.25) is 29.5 Å². The van der Waals surface area contributed by atoms with E-state index in [1.54, 1.807) is 71.0 Å². The molecule has 0 unspecified atom stereocenters. The lowest BCUT2D eigenvalue weighted by atomic mass is 9.81. The number of carbonyl (C=O) groups excluding carboxylic acids is 7. The van der Waals surface area contributed by atoms with Crippen molar-refractivity contribution < 1.29 is 62.4 Å². The summed E-state index contributed by atoms with van der Waals surface area (Å²) in [6.45, 7) is 5.90. The minimum atomic E-state index is -2.06. The van der Waals surface area contributed by atoms with Gasteiger partial charge in [-0.05, 0) is 75.3 Å². The molecule has 0 fully saturated rings. The van der Waals surface area contributed by atoms with Gasteiger partial charge in [-0.3, -0.25) is 38.5 Å². The number of benzene rings is 2. The second kappa shape index (κ2) is 22.5. The normalized spacial score (nSPS) is 16.7. The highest BCUT2D eigenvalue weighted by Crippen LogP contribution is 2.46. The second-order valence-corrected chi connectivity index (χ2v) is 19.4. The number of aryl methyl sites for hydroxylation is 1. The number of hydrogen-bond donors (Lipinski definition) is 8. The summed E-state index contributed by atoms with van der Waals surface area (Å²) in [5, 5.41) is 37.1. The number of nitrogens with one attached hydrogen (secondary N) is 6. The molecule has 23 heteroatoms. The molecule has 3 atom stereocenters. The van der Waals surface area contributed by atoms with Crippen molar-refractivity contribution in [2.75, 3.05) is 45.8 Å². The van der Waals surface area contributed by atoms with Crippen LogP contribution in [-0.4, -0.2) is 130 Å². The molecule has 0 radical (unpaired) electrons. The number of aromatic nitrogens is 2. The van der Waals surface area contributed by atoms with Gasteiger partial charge < -0.3 is 56.2 Å². The van der Waals surface area contributed by atoms with E-state index in [9.17, 15) is 53.4 Å². The Hall–Kier alpha value is -7.79. The molecule has 22 nitrogen and oxygen atoms in total. The van der Waals surface area contributed by atoms with Crippen molar-refractivity contribution in [2.45, 2.75) is 103 Å². The van der Waals surface area contributed by atoms with Crippen LogP contribution in [0.5, 0.6) is 0 Å². The van der Waals surface area contributed by atoms with E-state index in [1.165, 1.54) is 15.5 Å². The first-order valence-electron chi connectivity index (χ1n) is 24.2. The summed E-state index contributed by atoms with van der Waals surface area (Å²) in [7, 11) is 0. The molecule has 0 bridgehead atoms. The van der Waals surface area contributed by atoms with Crippen LogP contribution < -0.4 is 37.5 Å². The molecule has 7 rings (SSSR count). The van der Waals surface area contributed by atoms with Crippen molar-refractivity contribution in [1.29, 1.82) is 0 Å². The smallest absolute Gasteiger partial charge is 0.408 e. The van der Waals surface area contributed by atoms with E-state index in [1.807, 2.05) is 0 Å². The van der Waals surface area contributed by atoms with Gasteiger partial charge in [-0.25, -0.2) is 19.0 Å². The third-order valence-corrected chi connectivity index (χ3v) is 13.1. The minimum Gasteiger partial charge on any atom is -0.480 e. The number of rotatable bonds is 20. The van der Waals surface area contributed by atoms with E-state index in [4.69, 9.17) is 14.5 Å². The fourth-order valence-corrected chi connectivity index (χ4v) is 9.41. The largest absolute Gasteiger partial charge is 0.480 e. The van der Waals surface area contributed by atoms with Gasteiger partial charge in [0.05, 0.1) is 54.7 Å². The number of carboxylic acids is 1. The number of carboxylic acid groups (broad SMARTS) is 1. The molecular formula is C51H60FN9O13. The molecule has 3 aliphatic rings. The maximum Gasteiger partial charge on any atom is 0.408 e. The highest BCUT2D eigenvalue weighted by atomic mass is 19.1. The number of aliphatic carboxylic acids is 1. The first kappa shape index (κ1) is 54.0. The Balaban J connectivity index is 0.953. The lowest BCUT2D eigenvalue weighted by Crippen LogP contribution is -2.52. The molecule has 6 amide bonds. The maximum absolute atomic E-state index is 15.4. The van der Waals surface area contributed by atoms with E-state index < -0.39 is 108 Å². The van der Waals surface area contributed by atoms with Gasteiger partial charge in [0, 0.05) is 55.1 Å². The number of hydrogen-bond acceptors (Lipinski definition) is 14. The Morgan fingerprint density at radius 3 is 2.34 bits per heavy atom. The Labute approximate surface area is 424 Å². The molecule has 1 aliphatic carbocycles. The molecule has 8 N–H and O–H groups in total. The number of alkyl carbamates (subject to hydrolysis) is 1. The quantitative estimate of drug-likeness (QED) is 0.0505. The van der Waals surface area contributed by atoms with Gasteiger partial charge in [-0.1, -0.05) is 37.3 Å². The highest BCUT2D eigenvalue weighted by Gasteiger charge is 2.46. The molecule has 394 valence electrons. The summed E-state index contributed by atoms with van der Waals surface area (Å²) in [6.07, 6.45) is -0.233. The van der Waals surface area contributed by atoms with Gasteiger partial charge in [0.15, 0.2) is 5.60 Å². The van der Waals surface area contributed by atoms with Gasteiger partial charge in [-0.2, -0.15) is 0 Å². The summed E-state index contributed by atoms with van der Waals surface area (Å²) in [6, 6.07) is 9.83. The zero-order chi connectivity index (χ0) is 53.6. The van der Waals surface area contributed by atoms with Crippen molar-refractivity contribution in [3.05, 3.63) is 97.6 Å². The molecule has 0 saturated carbocycles. The number of aliphatic hydroxyl groups is 1. The molecule has 2 aliphatic heterocycles. The fraction of sp³-hybridized carbons (Fsp3) is 0.451. The monoisotopic (exact) mass is 1030 g/mol. The van der Waals surface area contributed by atoms with Crippen LogP contribution in [-0.2, 0) is 74.6 Å². The number of nitrogens with zero attached hydrogens (tertiary/aromatic N) is 3. The van der Waals surface area contributed by atoms with Crippen molar-refractivity contribution in [1.82, 2.24) is 46.4 Å². The van der Waals surface area contributed by atoms with Crippen LogP contribution in [0.4, 0.5) is 9.18 Å². The highest BCUT2D eigenvalue weighted by molar-refractivity contribution is 5.95. The average Bonchev–Trinajstić information content (AvgIpc) is 3.72. The number of ether oxygens (including phenoxy) is 2. The van der Waals surface area contributed by atoms with Crippen molar-refractivity contribution in [2.24, 2.45) is 0 Å². The molecule has 4 heterocycles. The van der Waals surface area contributed by atoms with Crippen LogP contribution in [0.2, 0.25) is 0 Å². The van der Waals surface area contributed by atoms with E-state index >= 15 is 4.39 Å². The fourth-order valence-electron chi connectivity index (χ4n) is 9.41. The standard InChI is InChI=1S/C51H60FN9O13/c1-6-51(72)32-19-37-45-30(24-61(37)47(69)31(32)26-73-48(51)70)44-34(13-12-29-27(2)33(52)20-35(59-45)43(29)44)57-38(62)14-16-60(25-42(66)67)17-15-53-39(63)21-55-46(68)36(18-28-10-8-7-9-11-28)58-41(65)23-54-40(64)22-56-49(71)74-50(3,4)5/h7-11,19-20,34,36,72H,6,12-18,21-26H2,1-5H3,(H,53,63)(H,54,64)(H,55,68)(H,56,71)(H,57,62)(H,58,65)(H,66,67)/t34-,36-,51-/m0/s1. The lowest BCUT2D eigenvalue weighted by molar-refractivity contribution is -0.172. The van der Waals surface area contributed by atoms with Gasteiger partial charge in [0.1, 0.15) is 30.6 Å². The Morgan fingerprint density at radius 1 is 0.932 bits per heavy atom. The predicted molar refractivity (Wildman–Crippen MR) is 262 cm³/mol. The molecule has 0 spiro atoms. The number of amides is 6. The number of esters is 1. The van der Waals surface area contributed by atoms with Gasteiger partial charge in [-0.15, -0.1) is 0 Å². The topological polar surface area (TPSA) is 306 Å². The minimum absolute atomic E-state index is 0.00583. The van der Waals surface area contributed by atoms with Crippen LogP contribution in [0.3, 0.4) is 0 Å². The van der Waals surface area contributed by atoms with Gasteiger partial charge in [0.25, 0.3) is 5.56 Å². The predicted octanol–water partition coefficient (Wildman–Crippen LogP) is 1.01. The third kappa shape index (κ3) is 12.3. The molecule has 74 heavy (non-hydrogen) atoms. The third-order valence-electron chi connectivity index (χ3n) is 13.1. The Kier molecular flexibility index (Phi) is 16.4. The number of carbonyl (C=O) groups is 8. The lowest BCUT2D eigenvalue weighted by Gasteiger charge is -2.31. The summed E-state index contributed by atoms with van der Waals surface area (Å²) in [5.74, 6) is -5.70. The zero-order valence-electron chi connectivity index (χ0n) is 41.7. The molecular weight excluding hydrogens is 966 g/mol. The molecule has 2 aromatic heterocycles.